The van der Waals surface area contributed by atoms with Crippen molar-refractivity contribution >= 4 is 23.2 Å². The van der Waals surface area contributed by atoms with Gasteiger partial charge in [0.05, 0.1) is 16.1 Å². The summed E-state index contributed by atoms with van der Waals surface area (Å²) in [6.45, 7) is 1.37. The lowest BCUT2D eigenvalue weighted by Gasteiger charge is -2.31. The fourth-order valence-electron chi connectivity index (χ4n) is 2.18. The van der Waals surface area contributed by atoms with Crippen molar-refractivity contribution in [3.05, 3.63) is 28.2 Å². The van der Waals surface area contributed by atoms with Crippen LogP contribution >= 0.6 is 23.2 Å². The van der Waals surface area contributed by atoms with E-state index in [9.17, 15) is 5.11 Å². The van der Waals surface area contributed by atoms with E-state index in [1.807, 2.05) is 0 Å². The maximum absolute atomic E-state index is 9.82. The van der Waals surface area contributed by atoms with Crippen LogP contribution in [0.3, 0.4) is 0 Å². The van der Waals surface area contributed by atoms with Gasteiger partial charge in [0, 0.05) is 6.54 Å². The normalized spacial score (nSPS) is 23.2. The Morgan fingerprint density at radius 2 is 1.95 bits per heavy atom. The summed E-state index contributed by atoms with van der Waals surface area (Å²) >= 11 is 11.9. The summed E-state index contributed by atoms with van der Waals surface area (Å²) in [6.07, 6.45) is 0.911. The molecule has 3 N–H and O–H groups in total. The van der Waals surface area contributed by atoms with E-state index >= 15 is 0 Å². The lowest BCUT2D eigenvalue weighted by atomic mass is 9.82. The van der Waals surface area contributed by atoms with Gasteiger partial charge in [0.1, 0.15) is 12.7 Å². The van der Waals surface area contributed by atoms with Crippen molar-refractivity contribution in [2.45, 2.75) is 25.0 Å². The van der Waals surface area contributed by atoms with Crippen LogP contribution in [-0.4, -0.2) is 42.1 Å². The summed E-state index contributed by atoms with van der Waals surface area (Å²) in [5.74, 6) is 0.910. The van der Waals surface area contributed by atoms with Gasteiger partial charge >= 0.3 is 0 Å². The first-order chi connectivity index (χ1) is 9.56. The first-order valence-corrected chi connectivity index (χ1v) is 7.45. The zero-order valence-corrected chi connectivity index (χ0v) is 12.6. The highest BCUT2D eigenvalue weighted by atomic mass is 35.5. The molecule has 4 nitrogen and oxygen atoms in total. The van der Waals surface area contributed by atoms with Crippen LogP contribution in [0.1, 0.15) is 12.8 Å². The minimum Gasteiger partial charge on any atom is -0.488 e. The Hall–Kier alpha value is -0.520. The van der Waals surface area contributed by atoms with Crippen molar-refractivity contribution in [3.8, 4) is 5.75 Å². The number of nitrogens with one attached hydrogen (secondary N) is 1. The van der Waals surface area contributed by atoms with Gasteiger partial charge in [0.15, 0.2) is 5.75 Å². The minimum atomic E-state index is -0.632. The molecule has 1 unspecified atom stereocenters. The average molecular weight is 320 g/mol. The second kappa shape index (κ2) is 7.48. The van der Waals surface area contributed by atoms with Crippen LogP contribution in [0, 0.1) is 5.92 Å². The third kappa shape index (κ3) is 4.50. The topological polar surface area (TPSA) is 61.7 Å². The highest BCUT2D eigenvalue weighted by Crippen LogP contribution is 2.32. The number of benzene rings is 1. The Labute approximate surface area is 128 Å². The number of rotatable bonds is 7. The van der Waals surface area contributed by atoms with E-state index in [1.54, 1.807) is 18.2 Å². The van der Waals surface area contributed by atoms with Gasteiger partial charge in [-0.3, -0.25) is 0 Å². The van der Waals surface area contributed by atoms with Crippen LogP contribution in [-0.2, 0) is 0 Å². The first-order valence-electron chi connectivity index (χ1n) is 6.70. The maximum atomic E-state index is 9.82. The molecule has 0 amide bonds. The summed E-state index contributed by atoms with van der Waals surface area (Å²) < 4.78 is 5.45. The highest BCUT2D eigenvalue weighted by Gasteiger charge is 2.26. The summed E-state index contributed by atoms with van der Waals surface area (Å²) in [5, 5.41) is 23.0. The number of halogens is 2. The molecule has 112 valence electrons. The van der Waals surface area contributed by atoms with Crippen LogP contribution in [0.5, 0.6) is 5.75 Å². The van der Waals surface area contributed by atoms with Crippen LogP contribution < -0.4 is 10.1 Å². The SMILES string of the molecule is OC(CNCC1CC(O)C1)COc1c(Cl)cccc1Cl. The highest BCUT2D eigenvalue weighted by molar-refractivity contribution is 6.37. The van der Waals surface area contributed by atoms with Crippen LogP contribution in [0.2, 0.25) is 10.0 Å². The number of para-hydroxylation sites is 1. The molecular formula is C14H19Cl2NO3. The molecule has 2 rings (SSSR count). The molecular weight excluding hydrogens is 301 g/mol. The zero-order chi connectivity index (χ0) is 14.5. The number of aliphatic hydroxyl groups is 2. The van der Waals surface area contributed by atoms with E-state index in [-0.39, 0.29) is 12.7 Å². The lowest BCUT2D eigenvalue weighted by molar-refractivity contribution is 0.0400. The molecule has 0 aliphatic heterocycles. The van der Waals surface area contributed by atoms with Gasteiger partial charge in [0.25, 0.3) is 0 Å². The van der Waals surface area contributed by atoms with Crippen molar-refractivity contribution in [1.29, 1.82) is 0 Å². The van der Waals surface area contributed by atoms with Crippen molar-refractivity contribution in [1.82, 2.24) is 5.32 Å². The first kappa shape index (κ1) is 15.9. The molecule has 20 heavy (non-hydrogen) atoms. The lowest BCUT2D eigenvalue weighted by Crippen LogP contribution is -2.39. The number of hydrogen-bond donors (Lipinski definition) is 3. The van der Waals surface area contributed by atoms with Gasteiger partial charge in [-0.15, -0.1) is 0 Å². The number of hydrogen-bond acceptors (Lipinski definition) is 4. The summed E-state index contributed by atoms with van der Waals surface area (Å²) in [7, 11) is 0. The van der Waals surface area contributed by atoms with Gasteiger partial charge in [0.2, 0.25) is 0 Å². The largest absolute Gasteiger partial charge is 0.488 e. The third-order valence-corrected chi connectivity index (χ3v) is 3.96. The second-order valence-corrected chi connectivity index (χ2v) is 5.98. The molecule has 0 radical (unpaired) electrons. The number of ether oxygens (including phenoxy) is 1. The molecule has 6 heteroatoms. The molecule has 1 saturated carbocycles. The van der Waals surface area contributed by atoms with E-state index in [0.717, 1.165) is 19.4 Å². The monoisotopic (exact) mass is 319 g/mol. The standard InChI is InChI=1S/C14H19Cl2NO3/c15-12-2-1-3-13(16)14(12)20-8-11(19)7-17-6-9-4-10(18)5-9/h1-3,9-11,17-19H,4-8H2. The van der Waals surface area contributed by atoms with Crippen LogP contribution in [0.15, 0.2) is 18.2 Å². The Bertz CT molecular complexity index is 418. The molecule has 1 atom stereocenters. The fraction of sp³-hybridized carbons (Fsp3) is 0.571. The Morgan fingerprint density at radius 3 is 2.55 bits per heavy atom. The minimum absolute atomic E-state index is 0.129. The van der Waals surface area contributed by atoms with E-state index in [1.165, 1.54) is 0 Å². The van der Waals surface area contributed by atoms with Crippen molar-refractivity contribution < 1.29 is 14.9 Å². The molecule has 1 aliphatic rings. The third-order valence-electron chi connectivity index (χ3n) is 3.36. The Kier molecular flexibility index (Phi) is 5.93. The van der Waals surface area contributed by atoms with Crippen LogP contribution in [0.25, 0.3) is 0 Å². The van der Waals surface area contributed by atoms with Gasteiger partial charge in [-0.1, -0.05) is 29.3 Å². The molecule has 0 aromatic heterocycles. The average Bonchev–Trinajstić information content (AvgIpc) is 2.36. The van der Waals surface area contributed by atoms with E-state index in [2.05, 4.69) is 5.32 Å². The van der Waals surface area contributed by atoms with Gasteiger partial charge in [-0.25, -0.2) is 0 Å². The summed E-state index contributed by atoms with van der Waals surface area (Å²) in [4.78, 5) is 0. The summed E-state index contributed by atoms with van der Waals surface area (Å²) in [6, 6.07) is 5.12. The van der Waals surface area contributed by atoms with E-state index in [0.29, 0.717) is 28.3 Å². The molecule has 1 aromatic rings. The van der Waals surface area contributed by atoms with Crippen molar-refractivity contribution in [3.63, 3.8) is 0 Å². The predicted octanol–water partition coefficient (Wildman–Crippen LogP) is 2.09. The van der Waals surface area contributed by atoms with Crippen LogP contribution in [0.4, 0.5) is 0 Å². The smallest absolute Gasteiger partial charge is 0.156 e. The van der Waals surface area contributed by atoms with E-state index < -0.39 is 6.10 Å². The van der Waals surface area contributed by atoms with Crippen molar-refractivity contribution in [2.75, 3.05) is 19.7 Å². The fourth-order valence-corrected chi connectivity index (χ4v) is 2.69. The molecule has 1 fully saturated rings. The Morgan fingerprint density at radius 1 is 1.30 bits per heavy atom. The quantitative estimate of drug-likeness (QED) is 0.720. The molecule has 0 saturated heterocycles. The van der Waals surface area contributed by atoms with Crippen molar-refractivity contribution in [2.24, 2.45) is 5.92 Å². The maximum Gasteiger partial charge on any atom is 0.156 e. The summed E-state index contributed by atoms with van der Waals surface area (Å²) in [5.41, 5.74) is 0. The van der Waals surface area contributed by atoms with Gasteiger partial charge < -0.3 is 20.3 Å². The number of aliphatic hydroxyl groups excluding tert-OH is 2. The predicted molar refractivity (Wildman–Crippen MR) is 79.6 cm³/mol. The van der Waals surface area contributed by atoms with E-state index in [4.69, 9.17) is 33.0 Å². The molecule has 1 aromatic carbocycles. The zero-order valence-electron chi connectivity index (χ0n) is 11.1. The van der Waals surface area contributed by atoms with Gasteiger partial charge in [-0.2, -0.15) is 0 Å². The molecule has 1 aliphatic carbocycles. The second-order valence-electron chi connectivity index (χ2n) is 5.17. The Balaban J connectivity index is 1.66. The molecule has 0 heterocycles. The molecule has 0 bridgehead atoms. The van der Waals surface area contributed by atoms with Gasteiger partial charge in [-0.05, 0) is 37.4 Å². The molecule has 0 spiro atoms.